The van der Waals surface area contributed by atoms with Crippen molar-refractivity contribution < 1.29 is 22.3 Å². The molecule has 1 rings (SSSR count). The van der Waals surface area contributed by atoms with Crippen molar-refractivity contribution in [1.29, 1.82) is 0 Å². The highest BCUT2D eigenvalue weighted by molar-refractivity contribution is 5.29. The Morgan fingerprint density at radius 1 is 1.21 bits per heavy atom. The highest BCUT2D eigenvalue weighted by atomic mass is 19.3. The topological polar surface area (TPSA) is 35.2 Å². The van der Waals surface area contributed by atoms with Crippen molar-refractivity contribution in [2.24, 2.45) is 5.73 Å². The van der Waals surface area contributed by atoms with Crippen molar-refractivity contribution in [3.05, 3.63) is 29.8 Å². The Labute approximate surface area is 109 Å². The Balaban J connectivity index is 2.66. The molecule has 0 bridgehead atoms. The van der Waals surface area contributed by atoms with E-state index in [9.17, 15) is 17.6 Å². The first-order chi connectivity index (χ1) is 8.86. The van der Waals surface area contributed by atoms with Crippen molar-refractivity contribution >= 4 is 0 Å². The second-order valence-electron chi connectivity index (χ2n) is 4.28. The van der Waals surface area contributed by atoms with Crippen LogP contribution in [0.25, 0.3) is 0 Å². The zero-order valence-electron chi connectivity index (χ0n) is 10.6. The van der Waals surface area contributed by atoms with Crippen molar-refractivity contribution in [2.45, 2.75) is 44.8 Å². The van der Waals surface area contributed by atoms with E-state index in [4.69, 9.17) is 5.73 Å². The quantitative estimate of drug-likeness (QED) is 0.762. The maximum absolute atomic E-state index is 12.7. The molecule has 0 heterocycles. The van der Waals surface area contributed by atoms with Gasteiger partial charge in [0, 0.05) is 6.04 Å². The number of unbranched alkanes of at least 4 members (excludes halogenated alkanes) is 1. The molecule has 6 heteroatoms. The zero-order valence-corrected chi connectivity index (χ0v) is 10.6. The molecule has 0 saturated carbocycles. The molecule has 0 aliphatic rings. The molecule has 1 aromatic rings. The van der Waals surface area contributed by atoms with E-state index in [0.29, 0.717) is 0 Å². The average molecular weight is 279 g/mol. The summed E-state index contributed by atoms with van der Waals surface area (Å²) in [6.45, 7) is 2.04. The first-order valence-corrected chi connectivity index (χ1v) is 6.07. The number of benzene rings is 1. The van der Waals surface area contributed by atoms with Gasteiger partial charge in [-0.05, 0) is 24.1 Å². The minimum atomic E-state index is -4.48. The summed E-state index contributed by atoms with van der Waals surface area (Å²) in [4.78, 5) is 0. The predicted molar refractivity (Wildman–Crippen MR) is 64.5 cm³/mol. The Morgan fingerprint density at radius 3 is 2.26 bits per heavy atom. The fraction of sp³-hybridized carbons (Fsp3) is 0.538. The Hall–Kier alpha value is -1.30. The van der Waals surface area contributed by atoms with Crippen molar-refractivity contribution in [1.82, 2.24) is 0 Å². The van der Waals surface area contributed by atoms with Gasteiger partial charge in [-0.1, -0.05) is 31.9 Å². The maximum Gasteiger partial charge on any atom is 0.461 e. The molecule has 108 valence electrons. The van der Waals surface area contributed by atoms with Crippen molar-refractivity contribution in [2.75, 3.05) is 0 Å². The molecule has 0 radical (unpaired) electrons. The molecule has 0 aliphatic carbocycles. The molecular weight excluding hydrogens is 262 g/mol. The van der Waals surface area contributed by atoms with E-state index in [1.54, 1.807) is 0 Å². The van der Waals surface area contributed by atoms with Gasteiger partial charge in [0.25, 0.3) is 0 Å². The lowest BCUT2D eigenvalue weighted by molar-refractivity contribution is -0.253. The smallest absolute Gasteiger partial charge is 0.428 e. The van der Waals surface area contributed by atoms with Crippen LogP contribution in [0.2, 0.25) is 0 Å². The standard InChI is InChI=1S/C13H17F4NO/c1-2-3-4-11(18)9-5-7-10(8-6-9)19-13(16,17)12(14)15/h5-8,11-12H,2-4,18H2,1H3/t11-/m1/s1. The molecule has 1 aromatic carbocycles. The van der Waals surface area contributed by atoms with E-state index in [0.717, 1.165) is 24.8 Å². The normalized spacial score (nSPS) is 13.6. The summed E-state index contributed by atoms with van der Waals surface area (Å²) in [7, 11) is 0. The van der Waals surface area contributed by atoms with Gasteiger partial charge >= 0.3 is 12.5 Å². The molecule has 0 saturated heterocycles. The fourth-order valence-electron chi connectivity index (χ4n) is 1.58. The van der Waals surface area contributed by atoms with Gasteiger partial charge in [-0.3, -0.25) is 0 Å². The third kappa shape index (κ3) is 4.70. The zero-order chi connectivity index (χ0) is 14.5. The van der Waals surface area contributed by atoms with E-state index in [1.165, 1.54) is 24.3 Å². The third-order valence-electron chi connectivity index (χ3n) is 2.68. The first kappa shape index (κ1) is 15.8. The van der Waals surface area contributed by atoms with Crippen LogP contribution in [0.3, 0.4) is 0 Å². The summed E-state index contributed by atoms with van der Waals surface area (Å²) in [5.41, 5.74) is 6.66. The van der Waals surface area contributed by atoms with E-state index < -0.39 is 12.5 Å². The van der Waals surface area contributed by atoms with Gasteiger partial charge in [0.2, 0.25) is 0 Å². The summed E-state index contributed by atoms with van der Waals surface area (Å²) < 4.78 is 53.2. The summed E-state index contributed by atoms with van der Waals surface area (Å²) in [6, 6.07) is 5.27. The summed E-state index contributed by atoms with van der Waals surface area (Å²) in [5, 5.41) is 0. The molecule has 0 aliphatic heterocycles. The maximum atomic E-state index is 12.7. The molecule has 0 amide bonds. The fourth-order valence-corrected chi connectivity index (χ4v) is 1.58. The monoisotopic (exact) mass is 279 g/mol. The highest BCUT2D eigenvalue weighted by Gasteiger charge is 2.43. The highest BCUT2D eigenvalue weighted by Crippen LogP contribution is 2.28. The molecule has 2 N–H and O–H groups in total. The summed E-state index contributed by atoms with van der Waals surface area (Å²) >= 11 is 0. The second kappa shape index (κ2) is 6.75. The number of alkyl halides is 4. The average Bonchev–Trinajstić information content (AvgIpc) is 2.36. The molecule has 0 fully saturated rings. The largest absolute Gasteiger partial charge is 0.461 e. The van der Waals surface area contributed by atoms with Gasteiger partial charge in [0.1, 0.15) is 5.75 Å². The molecule has 0 unspecified atom stereocenters. The Bertz CT molecular complexity index is 381. The molecule has 2 nitrogen and oxygen atoms in total. The lowest BCUT2D eigenvalue weighted by atomic mass is 10.0. The van der Waals surface area contributed by atoms with Gasteiger partial charge in [-0.25, -0.2) is 0 Å². The van der Waals surface area contributed by atoms with Crippen LogP contribution < -0.4 is 10.5 Å². The molecule has 0 spiro atoms. The lowest BCUT2D eigenvalue weighted by Crippen LogP contribution is -2.33. The predicted octanol–water partition coefficient (Wildman–Crippen LogP) is 4.11. The van der Waals surface area contributed by atoms with E-state index in [1.807, 2.05) is 6.92 Å². The second-order valence-corrected chi connectivity index (χ2v) is 4.28. The van der Waals surface area contributed by atoms with Gasteiger partial charge in [0.15, 0.2) is 0 Å². The summed E-state index contributed by atoms with van der Waals surface area (Å²) in [5.74, 6) is -0.309. The first-order valence-electron chi connectivity index (χ1n) is 6.07. The van der Waals surface area contributed by atoms with Gasteiger partial charge in [-0.15, -0.1) is 0 Å². The van der Waals surface area contributed by atoms with Gasteiger partial charge < -0.3 is 10.5 Å². The number of hydrogen-bond donors (Lipinski definition) is 1. The third-order valence-corrected chi connectivity index (χ3v) is 2.68. The van der Waals surface area contributed by atoms with Crippen molar-refractivity contribution in [3.63, 3.8) is 0 Å². The van der Waals surface area contributed by atoms with E-state index in [-0.39, 0.29) is 11.8 Å². The van der Waals surface area contributed by atoms with Gasteiger partial charge in [-0.2, -0.15) is 17.6 Å². The van der Waals surface area contributed by atoms with Crippen LogP contribution in [0, 0.1) is 0 Å². The molecular formula is C13H17F4NO. The van der Waals surface area contributed by atoms with Crippen LogP contribution in [0.5, 0.6) is 5.75 Å². The van der Waals surface area contributed by atoms with E-state index in [2.05, 4.69) is 4.74 Å². The van der Waals surface area contributed by atoms with Crippen LogP contribution >= 0.6 is 0 Å². The van der Waals surface area contributed by atoms with Crippen LogP contribution in [-0.2, 0) is 0 Å². The lowest BCUT2D eigenvalue weighted by Gasteiger charge is -2.17. The SMILES string of the molecule is CCCC[C@@H](N)c1ccc(OC(F)(F)C(F)F)cc1. The van der Waals surface area contributed by atoms with E-state index >= 15 is 0 Å². The van der Waals surface area contributed by atoms with Crippen molar-refractivity contribution in [3.8, 4) is 5.75 Å². The van der Waals surface area contributed by atoms with Gasteiger partial charge in [0.05, 0.1) is 0 Å². The number of nitrogens with two attached hydrogens (primary N) is 1. The van der Waals surface area contributed by atoms with Crippen LogP contribution in [0.1, 0.15) is 37.8 Å². The number of hydrogen-bond acceptors (Lipinski definition) is 2. The van der Waals surface area contributed by atoms with Crippen LogP contribution in [-0.4, -0.2) is 12.5 Å². The van der Waals surface area contributed by atoms with Crippen LogP contribution in [0.15, 0.2) is 24.3 Å². The molecule has 0 aromatic heterocycles. The number of ether oxygens (including phenoxy) is 1. The summed E-state index contributed by atoms with van der Waals surface area (Å²) in [6.07, 6.45) is -5.59. The molecule has 1 atom stereocenters. The Kier molecular flexibility index (Phi) is 5.60. The number of halogens is 4. The number of rotatable bonds is 7. The van der Waals surface area contributed by atoms with Crippen LogP contribution in [0.4, 0.5) is 17.6 Å². The minimum Gasteiger partial charge on any atom is -0.428 e. The minimum absolute atomic E-state index is 0.190. The molecule has 19 heavy (non-hydrogen) atoms. The Morgan fingerprint density at radius 2 is 1.79 bits per heavy atom.